The van der Waals surface area contributed by atoms with Crippen molar-refractivity contribution < 1.29 is 9.18 Å². The summed E-state index contributed by atoms with van der Waals surface area (Å²) in [5.74, 6) is -0.124. The van der Waals surface area contributed by atoms with Gasteiger partial charge >= 0.3 is 0 Å². The normalized spacial score (nSPS) is 10.6. The Morgan fingerprint density at radius 2 is 2.04 bits per heavy atom. The van der Waals surface area contributed by atoms with Gasteiger partial charge in [-0.1, -0.05) is 0 Å². The number of nitrogens with one attached hydrogen (secondary N) is 1. The molecule has 6 nitrogen and oxygen atoms in total. The van der Waals surface area contributed by atoms with Crippen molar-refractivity contribution in [3.8, 4) is 11.4 Å². The number of halogens is 1. The molecule has 25 heavy (non-hydrogen) atoms. The molecule has 1 amide bonds. The van der Waals surface area contributed by atoms with E-state index >= 15 is 0 Å². The van der Waals surface area contributed by atoms with Crippen LogP contribution in [-0.4, -0.2) is 31.4 Å². The number of benzene rings is 1. The fourth-order valence-corrected chi connectivity index (χ4v) is 2.88. The van der Waals surface area contributed by atoms with Gasteiger partial charge in [0, 0.05) is 24.3 Å². The average Bonchev–Trinajstić information content (AvgIpc) is 3.01. The molecule has 0 fully saturated rings. The van der Waals surface area contributed by atoms with Crippen LogP contribution in [0.1, 0.15) is 5.69 Å². The molecular weight excluding hydrogens is 341 g/mol. The van der Waals surface area contributed by atoms with Crippen LogP contribution in [0.3, 0.4) is 0 Å². The molecule has 3 rings (SSSR count). The summed E-state index contributed by atoms with van der Waals surface area (Å²) in [7, 11) is 1.81. The Balaban J connectivity index is 1.53. The number of amides is 1. The van der Waals surface area contributed by atoms with E-state index < -0.39 is 0 Å². The zero-order valence-corrected chi connectivity index (χ0v) is 14.3. The SMILES string of the molecule is Cn1nc(-c2cnccn2)cc1CNC(=O)CSc1ccc(F)cc1. The fraction of sp³-hybridized carbons (Fsp3) is 0.176. The number of carbonyl (C=O) groups excluding carboxylic acids is 1. The highest BCUT2D eigenvalue weighted by Gasteiger charge is 2.10. The van der Waals surface area contributed by atoms with E-state index in [1.165, 1.54) is 23.9 Å². The van der Waals surface area contributed by atoms with Gasteiger partial charge in [-0.25, -0.2) is 4.39 Å². The molecule has 0 unspecified atom stereocenters. The van der Waals surface area contributed by atoms with Gasteiger partial charge in [0.1, 0.15) is 17.2 Å². The molecule has 0 saturated carbocycles. The molecule has 3 aromatic rings. The fourth-order valence-electron chi connectivity index (χ4n) is 2.15. The minimum atomic E-state index is -0.288. The van der Waals surface area contributed by atoms with E-state index in [4.69, 9.17) is 0 Å². The van der Waals surface area contributed by atoms with Crippen molar-refractivity contribution in [1.29, 1.82) is 0 Å². The van der Waals surface area contributed by atoms with Crippen molar-refractivity contribution in [2.24, 2.45) is 7.05 Å². The Bertz CT molecular complexity index is 851. The van der Waals surface area contributed by atoms with Crippen LogP contribution in [0.2, 0.25) is 0 Å². The van der Waals surface area contributed by atoms with Gasteiger partial charge in [-0.05, 0) is 30.3 Å². The van der Waals surface area contributed by atoms with Crippen LogP contribution >= 0.6 is 11.8 Å². The number of aryl methyl sites for hydroxylation is 1. The quantitative estimate of drug-likeness (QED) is 0.686. The van der Waals surface area contributed by atoms with E-state index in [0.29, 0.717) is 17.9 Å². The molecule has 2 heterocycles. The highest BCUT2D eigenvalue weighted by Crippen LogP contribution is 2.18. The first-order chi connectivity index (χ1) is 12.1. The second-order valence-electron chi connectivity index (χ2n) is 5.25. The minimum Gasteiger partial charge on any atom is -0.350 e. The van der Waals surface area contributed by atoms with Gasteiger partial charge in [0.2, 0.25) is 5.91 Å². The van der Waals surface area contributed by atoms with E-state index in [9.17, 15) is 9.18 Å². The molecule has 2 aromatic heterocycles. The number of hydrogen-bond acceptors (Lipinski definition) is 5. The smallest absolute Gasteiger partial charge is 0.230 e. The standard InChI is InChI=1S/C17H16FN5OS/c1-23-13(8-15(22-23)16-10-19-6-7-20-16)9-21-17(24)11-25-14-4-2-12(18)3-5-14/h2-8,10H,9,11H2,1H3,(H,21,24). The Hall–Kier alpha value is -2.74. The maximum absolute atomic E-state index is 12.9. The molecule has 0 bridgehead atoms. The van der Waals surface area contributed by atoms with Crippen LogP contribution in [0, 0.1) is 5.82 Å². The minimum absolute atomic E-state index is 0.100. The van der Waals surface area contributed by atoms with Gasteiger partial charge in [0.15, 0.2) is 0 Å². The van der Waals surface area contributed by atoms with Crippen LogP contribution in [0.25, 0.3) is 11.4 Å². The van der Waals surface area contributed by atoms with Crippen LogP contribution in [-0.2, 0) is 18.4 Å². The van der Waals surface area contributed by atoms with Gasteiger partial charge in [-0.2, -0.15) is 5.10 Å². The predicted molar refractivity (Wildman–Crippen MR) is 93.2 cm³/mol. The summed E-state index contributed by atoms with van der Waals surface area (Å²) in [5, 5.41) is 7.24. The summed E-state index contributed by atoms with van der Waals surface area (Å²) < 4.78 is 14.6. The van der Waals surface area contributed by atoms with Crippen molar-refractivity contribution in [2.75, 3.05) is 5.75 Å². The Kier molecular flexibility index (Phi) is 5.39. The van der Waals surface area contributed by atoms with E-state index in [2.05, 4.69) is 20.4 Å². The number of thioether (sulfide) groups is 1. The van der Waals surface area contributed by atoms with Gasteiger partial charge in [0.05, 0.1) is 24.2 Å². The van der Waals surface area contributed by atoms with Crippen LogP contribution < -0.4 is 5.32 Å². The Morgan fingerprint density at radius 3 is 2.76 bits per heavy atom. The molecule has 0 saturated heterocycles. The van der Waals surface area contributed by atoms with Gasteiger partial charge < -0.3 is 5.32 Å². The second-order valence-corrected chi connectivity index (χ2v) is 6.30. The van der Waals surface area contributed by atoms with E-state index in [1.807, 2.05) is 13.1 Å². The summed E-state index contributed by atoms with van der Waals surface area (Å²) in [6.07, 6.45) is 4.86. The lowest BCUT2D eigenvalue weighted by Gasteiger charge is -2.05. The largest absolute Gasteiger partial charge is 0.350 e. The summed E-state index contributed by atoms with van der Waals surface area (Å²) in [4.78, 5) is 21.1. The second kappa shape index (κ2) is 7.89. The third-order valence-electron chi connectivity index (χ3n) is 3.45. The van der Waals surface area contributed by atoms with Crippen LogP contribution in [0.5, 0.6) is 0 Å². The monoisotopic (exact) mass is 357 g/mol. The third-order valence-corrected chi connectivity index (χ3v) is 4.46. The zero-order chi connectivity index (χ0) is 17.6. The first-order valence-electron chi connectivity index (χ1n) is 7.56. The number of rotatable bonds is 6. The van der Waals surface area contributed by atoms with E-state index in [1.54, 1.807) is 35.4 Å². The highest BCUT2D eigenvalue weighted by molar-refractivity contribution is 8.00. The van der Waals surface area contributed by atoms with E-state index in [0.717, 1.165) is 10.6 Å². The lowest BCUT2D eigenvalue weighted by atomic mass is 10.3. The van der Waals surface area contributed by atoms with Crippen molar-refractivity contribution in [3.63, 3.8) is 0 Å². The molecule has 0 radical (unpaired) electrons. The molecule has 8 heteroatoms. The molecule has 1 N–H and O–H groups in total. The van der Waals surface area contributed by atoms with Crippen molar-refractivity contribution >= 4 is 17.7 Å². The van der Waals surface area contributed by atoms with Gasteiger partial charge in [-0.15, -0.1) is 11.8 Å². The molecule has 0 aliphatic carbocycles. The van der Waals surface area contributed by atoms with Crippen LogP contribution in [0.4, 0.5) is 4.39 Å². The van der Waals surface area contributed by atoms with Gasteiger partial charge in [-0.3, -0.25) is 19.4 Å². The van der Waals surface area contributed by atoms with Crippen LogP contribution in [0.15, 0.2) is 53.8 Å². The summed E-state index contributed by atoms with van der Waals surface area (Å²) in [6.45, 7) is 0.368. The average molecular weight is 357 g/mol. The molecule has 1 aromatic carbocycles. The van der Waals surface area contributed by atoms with Gasteiger partial charge in [0.25, 0.3) is 0 Å². The Labute approximate surface area is 148 Å². The van der Waals surface area contributed by atoms with Crippen molar-refractivity contribution in [3.05, 3.63) is 60.4 Å². The topological polar surface area (TPSA) is 72.7 Å². The number of nitrogens with zero attached hydrogens (tertiary/aromatic N) is 4. The predicted octanol–water partition coefficient (Wildman–Crippen LogP) is 2.42. The van der Waals surface area contributed by atoms with Crippen molar-refractivity contribution in [2.45, 2.75) is 11.4 Å². The molecule has 0 aliphatic heterocycles. The molecule has 0 atom stereocenters. The molecule has 128 valence electrons. The zero-order valence-electron chi connectivity index (χ0n) is 13.5. The summed E-state index contributed by atoms with van der Waals surface area (Å²) in [5.41, 5.74) is 2.25. The molecule has 0 spiro atoms. The number of aromatic nitrogens is 4. The molecular formula is C17H16FN5OS. The highest BCUT2D eigenvalue weighted by atomic mass is 32.2. The van der Waals surface area contributed by atoms with Crippen molar-refractivity contribution in [1.82, 2.24) is 25.1 Å². The third kappa shape index (κ3) is 4.63. The maximum atomic E-state index is 12.9. The first kappa shape index (κ1) is 17.1. The molecule has 0 aliphatic rings. The summed E-state index contributed by atoms with van der Waals surface area (Å²) >= 11 is 1.36. The Morgan fingerprint density at radius 1 is 1.24 bits per heavy atom. The lowest BCUT2D eigenvalue weighted by molar-refractivity contribution is -0.118. The number of hydrogen-bond donors (Lipinski definition) is 1. The van der Waals surface area contributed by atoms with E-state index in [-0.39, 0.29) is 17.5 Å². The lowest BCUT2D eigenvalue weighted by Crippen LogP contribution is -2.25. The maximum Gasteiger partial charge on any atom is 0.230 e. The first-order valence-corrected chi connectivity index (χ1v) is 8.55. The number of carbonyl (C=O) groups is 1. The summed E-state index contributed by atoms with van der Waals surface area (Å²) in [6, 6.07) is 7.94.